The van der Waals surface area contributed by atoms with Gasteiger partial charge in [-0.2, -0.15) is 4.98 Å². The van der Waals surface area contributed by atoms with Crippen molar-refractivity contribution in [3.05, 3.63) is 30.4 Å². The molecule has 2 rings (SSSR count). The van der Waals surface area contributed by atoms with Gasteiger partial charge < -0.3 is 14.6 Å². The van der Waals surface area contributed by atoms with E-state index in [1.54, 1.807) is 19.5 Å². The zero-order valence-corrected chi connectivity index (χ0v) is 9.59. The molecule has 17 heavy (non-hydrogen) atoms. The number of hydrogen-bond donors (Lipinski definition) is 1. The van der Waals surface area contributed by atoms with Gasteiger partial charge in [0.2, 0.25) is 11.7 Å². The number of aromatic nitrogens is 3. The van der Waals surface area contributed by atoms with Crippen molar-refractivity contribution >= 4 is 0 Å². The maximum absolute atomic E-state index is 5.11. The van der Waals surface area contributed by atoms with Gasteiger partial charge >= 0.3 is 0 Å². The van der Waals surface area contributed by atoms with E-state index in [0.29, 0.717) is 24.9 Å². The first kappa shape index (κ1) is 11.7. The number of pyridine rings is 1. The lowest BCUT2D eigenvalue weighted by Gasteiger charge is -1.98. The molecule has 6 heteroatoms. The lowest BCUT2D eigenvalue weighted by molar-refractivity contribution is 0.197. The highest BCUT2D eigenvalue weighted by atomic mass is 16.5. The minimum atomic E-state index is 0.538. The molecule has 0 aliphatic heterocycles. The fourth-order valence-corrected chi connectivity index (χ4v) is 1.31. The van der Waals surface area contributed by atoms with E-state index in [-0.39, 0.29) is 0 Å². The Bertz CT molecular complexity index is 444. The minimum Gasteiger partial charge on any atom is -0.383 e. The summed E-state index contributed by atoms with van der Waals surface area (Å²) in [5.41, 5.74) is 0.847. The summed E-state index contributed by atoms with van der Waals surface area (Å²) < 4.78 is 10.0. The Labute approximate surface area is 99.0 Å². The van der Waals surface area contributed by atoms with Gasteiger partial charge in [-0.25, -0.2) is 0 Å². The van der Waals surface area contributed by atoms with Crippen LogP contribution >= 0.6 is 0 Å². The molecule has 0 atom stereocenters. The van der Waals surface area contributed by atoms with E-state index in [2.05, 4.69) is 20.4 Å². The standard InChI is InChI=1S/C11H14N4O2/c1-16-6-5-13-8-10-14-11(15-17-10)9-3-2-4-12-7-9/h2-4,7,13H,5-6,8H2,1H3. The number of rotatable bonds is 6. The van der Waals surface area contributed by atoms with Crippen LogP contribution < -0.4 is 5.32 Å². The Balaban J connectivity index is 1.92. The number of methoxy groups -OCH3 is 1. The molecular formula is C11H14N4O2. The average molecular weight is 234 g/mol. The quantitative estimate of drug-likeness (QED) is 0.747. The topological polar surface area (TPSA) is 73.1 Å². The summed E-state index contributed by atoms with van der Waals surface area (Å²) in [7, 11) is 1.66. The van der Waals surface area contributed by atoms with E-state index in [4.69, 9.17) is 9.26 Å². The highest BCUT2D eigenvalue weighted by Gasteiger charge is 2.07. The second-order valence-corrected chi connectivity index (χ2v) is 3.42. The minimum absolute atomic E-state index is 0.538. The molecular weight excluding hydrogens is 220 g/mol. The van der Waals surface area contributed by atoms with Crippen molar-refractivity contribution in [3.63, 3.8) is 0 Å². The average Bonchev–Trinajstić information content (AvgIpc) is 2.85. The predicted octanol–water partition coefficient (Wildman–Crippen LogP) is 0.868. The number of nitrogens with zero attached hydrogens (tertiary/aromatic N) is 3. The summed E-state index contributed by atoms with van der Waals surface area (Å²) in [5.74, 6) is 1.11. The summed E-state index contributed by atoms with van der Waals surface area (Å²) in [5, 5.41) is 7.02. The summed E-state index contributed by atoms with van der Waals surface area (Å²) in [4.78, 5) is 8.26. The van der Waals surface area contributed by atoms with Crippen LogP contribution in [0.4, 0.5) is 0 Å². The second kappa shape index (κ2) is 6.07. The molecule has 6 nitrogen and oxygen atoms in total. The van der Waals surface area contributed by atoms with Gasteiger partial charge in [-0.15, -0.1) is 0 Å². The van der Waals surface area contributed by atoms with E-state index in [0.717, 1.165) is 12.1 Å². The molecule has 0 amide bonds. The normalized spacial score (nSPS) is 10.6. The number of ether oxygens (including phenoxy) is 1. The van der Waals surface area contributed by atoms with Gasteiger partial charge in [0, 0.05) is 31.6 Å². The van der Waals surface area contributed by atoms with E-state index >= 15 is 0 Å². The maximum Gasteiger partial charge on any atom is 0.240 e. The molecule has 0 saturated heterocycles. The SMILES string of the molecule is COCCNCc1nc(-c2cccnc2)no1. The van der Waals surface area contributed by atoms with Gasteiger partial charge in [-0.3, -0.25) is 4.98 Å². The molecule has 0 fully saturated rings. The van der Waals surface area contributed by atoms with Crippen LogP contribution in [0.5, 0.6) is 0 Å². The van der Waals surface area contributed by atoms with Crippen molar-refractivity contribution < 1.29 is 9.26 Å². The van der Waals surface area contributed by atoms with Crippen LogP contribution in [0, 0.1) is 0 Å². The number of hydrogen-bond acceptors (Lipinski definition) is 6. The molecule has 0 unspecified atom stereocenters. The molecule has 2 aromatic heterocycles. The molecule has 0 aromatic carbocycles. The first-order chi connectivity index (χ1) is 8.40. The van der Waals surface area contributed by atoms with Gasteiger partial charge in [-0.05, 0) is 12.1 Å². The van der Waals surface area contributed by atoms with Crippen molar-refractivity contribution in [3.8, 4) is 11.4 Å². The molecule has 0 radical (unpaired) electrons. The van der Waals surface area contributed by atoms with Crippen molar-refractivity contribution in [1.82, 2.24) is 20.4 Å². The van der Waals surface area contributed by atoms with Gasteiger partial charge in [0.05, 0.1) is 13.2 Å². The third kappa shape index (κ3) is 3.33. The third-order valence-electron chi connectivity index (χ3n) is 2.15. The van der Waals surface area contributed by atoms with Crippen molar-refractivity contribution in [2.75, 3.05) is 20.3 Å². The molecule has 1 N–H and O–H groups in total. The predicted molar refractivity (Wildman–Crippen MR) is 61.1 cm³/mol. The molecule has 0 saturated carbocycles. The second-order valence-electron chi connectivity index (χ2n) is 3.42. The van der Waals surface area contributed by atoms with Crippen LogP contribution in [0.1, 0.15) is 5.89 Å². The summed E-state index contributed by atoms with van der Waals surface area (Å²) in [6.07, 6.45) is 3.41. The Hall–Kier alpha value is -1.79. The van der Waals surface area contributed by atoms with Gasteiger partial charge in [0.15, 0.2) is 0 Å². The molecule has 2 aromatic rings. The maximum atomic E-state index is 5.11. The molecule has 0 bridgehead atoms. The van der Waals surface area contributed by atoms with Crippen LogP contribution in [0.2, 0.25) is 0 Å². The Morgan fingerprint density at radius 2 is 2.41 bits per heavy atom. The highest BCUT2D eigenvalue weighted by Crippen LogP contribution is 2.13. The molecule has 0 aliphatic carbocycles. The van der Waals surface area contributed by atoms with Crippen molar-refractivity contribution in [2.24, 2.45) is 0 Å². The largest absolute Gasteiger partial charge is 0.383 e. The van der Waals surface area contributed by atoms with Crippen molar-refractivity contribution in [2.45, 2.75) is 6.54 Å². The lowest BCUT2D eigenvalue weighted by Crippen LogP contribution is -2.18. The van der Waals surface area contributed by atoms with E-state index in [1.165, 1.54) is 0 Å². The molecule has 0 aliphatic rings. The first-order valence-corrected chi connectivity index (χ1v) is 5.33. The van der Waals surface area contributed by atoms with Gasteiger partial charge in [0.1, 0.15) is 0 Å². The monoisotopic (exact) mass is 234 g/mol. The molecule has 0 spiro atoms. The van der Waals surface area contributed by atoms with Gasteiger partial charge in [0.25, 0.3) is 0 Å². The highest BCUT2D eigenvalue weighted by molar-refractivity contribution is 5.51. The van der Waals surface area contributed by atoms with Crippen LogP contribution in [0.3, 0.4) is 0 Å². The fourth-order valence-electron chi connectivity index (χ4n) is 1.31. The molecule has 90 valence electrons. The Kier molecular flexibility index (Phi) is 4.17. The smallest absolute Gasteiger partial charge is 0.240 e. The van der Waals surface area contributed by atoms with E-state index in [9.17, 15) is 0 Å². The van der Waals surface area contributed by atoms with Crippen LogP contribution in [-0.2, 0) is 11.3 Å². The summed E-state index contributed by atoms with van der Waals surface area (Å²) in [6, 6.07) is 3.72. The van der Waals surface area contributed by atoms with E-state index < -0.39 is 0 Å². The number of nitrogens with one attached hydrogen (secondary N) is 1. The Morgan fingerprint density at radius 3 is 3.18 bits per heavy atom. The van der Waals surface area contributed by atoms with E-state index in [1.807, 2.05) is 12.1 Å². The fraction of sp³-hybridized carbons (Fsp3) is 0.364. The van der Waals surface area contributed by atoms with Crippen molar-refractivity contribution in [1.29, 1.82) is 0 Å². The zero-order valence-electron chi connectivity index (χ0n) is 9.59. The van der Waals surface area contributed by atoms with Crippen LogP contribution in [-0.4, -0.2) is 35.4 Å². The first-order valence-electron chi connectivity index (χ1n) is 5.33. The summed E-state index contributed by atoms with van der Waals surface area (Å²) in [6.45, 7) is 1.95. The van der Waals surface area contributed by atoms with Gasteiger partial charge in [-0.1, -0.05) is 5.16 Å². The van der Waals surface area contributed by atoms with Crippen LogP contribution in [0.25, 0.3) is 11.4 Å². The lowest BCUT2D eigenvalue weighted by atomic mass is 10.3. The third-order valence-corrected chi connectivity index (χ3v) is 2.15. The summed E-state index contributed by atoms with van der Waals surface area (Å²) >= 11 is 0. The zero-order chi connectivity index (χ0) is 11.9. The van der Waals surface area contributed by atoms with Crippen LogP contribution in [0.15, 0.2) is 29.0 Å². The molecule has 2 heterocycles. The Morgan fingerprint density at radius 1 is 1.47 bits per heavy atom.